The maximum Gasteiger partial charge on any atom is 0.0668 e. The molecule has 0 aromatic rings. The van der Waals surface area contributed by atoms with Crippen molar-refractivity contribution in [3.8, 4) is 0 Å². The normalized spacial score (nSPS) is 65.2. The first kappa shape index (κ1) is 9.94. The van der Waals surface area contributed by atoms with E-state index in [-0.39, 0.29) is 0 Å². The Balaban J connectivity index is 1.89. The van der Waals surface area contributed by atoms with Crippen molar-refractivity contribution in [3.05, 3.63) is 0 Å². The van der Waals surface area contributed by atoms with E-state index in [1.54, 1.807) is 0 Å². The molecule has 6 aliphatic rings. The molecule has 0 amide bonds. The van der Waals surface area contributed by atoms with Crippen LogP contribution >= 0.6 is 0 Å². The monoisotopic (exact) mass is 220 g/mol. The Morgan fingerprint density at radius 2 is 1.62 bits per heavy atom. The zero-order chi connectivity index (χ0) is 11.3. The molecule has 2 unspecified atom stereocenters. The summed E-state index contributed by atoms with van der Waals surface area (Å²) in [7, 11) is 0. The van der Waals surface area contributed by atoms with E-state index in [0.717, 1.165) is 11.8 Å². The van der Waals surface area contributed by atoms with E-state index in [4.69, 9.17) is 4.74 Å². The molecular formula is C15H24O. The van der Waals surface area contributed by atoms with Crippen molar-refractivity contribution < 1.29 is 4.74 Å². The summed E-state index contributed by atoms with van der Waals surface area (Å²) < 4.78 is 6.10. The van der Waals surface area contributed by atoms with Gasteiger partial charge in [0.25, 0.3) is 0 Å². The van der Waals surface area contributed by atoms with Gasteiger partial charge >= 0.3 is 0 Å². The van der Waals surface area contributed by atoms with Crippen molar-refractivity contribution in [2.75, 3.05) is 0 Å². The van der Waals surface area contributed by atoms with Gasteiger partial charge in [-0.2, -0.15) is 0 Å². The van der Waals surface area contributed by atoms with Crippen LogP contribution in [0.5, 0.6) is 0 Å². The molecule has 16 heavy (non-hydrogen) atoms. The number of hydrogen-bond donors (Lipinski definition) is 0. The van der Waals surface area contributed by atoms with Gasteiger partial charge in [-0.15, -0.1) is 0 Å². The Morgan fingerprint density at radius 1 is 1.00 bits per heavy atom. The molecule has 4 saturated carbocycles. The highest BCUT2D eigenvalue weighted by molar-refractivity contribution is 5.25. The van der Waals surface area contributed by atoms with Crippen molar-refractivity contribution in [1.82, 2.24) is 0 Å². The van der Waals surface area contributed by atoms with Crippen LogP contribution in [-0.4, -0.2) is 12.2 Å². The maximum atomic E-state index is 6.10. The summed E-state index contributed by atoms with van der Waals surface area (Å²) in [5.41, 5.74) is 1.65. The van der Waals surface area contributed by atoms with Crippen LogP contribution < -0.4 is 0 Å². The van der Waals surface area contributed by atoms with E-state index in [9.17, 15) is 0 Å². The third kappa shape index (κ3) is 0.698. The molecule has 1 heteroatoms. The van der Waals surface area contributed by atoms with Gasteiger partial charge in [0.1, 0.15) is 0 Å². The van der Waals surface area contributed by atoms with Crippen LogP contribution in [0.3, 0.4) is 0 Å². The lowest BCUT2D eigenvalue weighted by Crippen LogP contribution is -2.77. The predicted molar refractivity (Wildman–Crippen MR) is 64.1 cm³/mol. The van der Waals surface area contributed by atoms with Crippen LogP contribution in [0.2, 0.25) is 0 Å². The Hall–Kier alpha value is -0.0400. The minimum atomic E-state index is 0.490. The number of ether oxygens (including phenoxy) is 1. The summed E-state index contributed by atoms with van der Waals surface area (Å²) in [6.07, 6.45) is 6.84. The molecule has 90 valence electrons. The Kier molecular flexibility index (Phi) is 1.48. The van der Waals surface area contributed by atoms with E-state index in [2.05, 4.69) is 27.7 Å². The molecule has 2 heterocycles. The second-order valence-electron chi connectivity index (χ2n) is 7.79. The van der Waals surface area contributed by atoms with Crippen LogP contribution in [0, 0.1) is 28.1 Å². The quantitative estimate of drug-likeness (QED) is 0.606. The molecule has 4 bridgehead atoms. The summed E-state index contributed by atoms with van der Waals surface area (Å²) in [6, 6.07) is 0. The van der Waals surface area contributed by atoms with Gasteiger partial charge in [-0.05, 0) is 48.3 Å². The SMILES string of the molecule is C[C@@H]1CC[C@@H]2C13C[C@@H]1O[C@H](C3)C1(C)C2(C)C. The highest BCUT2D eigenvalue weighted by Crippen LogP contribution is 2.78. The fourth-order valence-corrected chi connectivity index (χ4v) is 6.22. The van der Waals surface area contributed by atoms with Crippen LogP contribution in [0.1, 0.15) is 53.4 Å². The lowest BCUT2D eigenvalue weighted by atomic mass is 9.35. The van der Waals surface area contributed by atoms with Gasteiger partial charge in [-0.25, -0.2) is 0 Å². The molecule has 0 N–H and O–H groups in total. The van der Waals surface area contributed by atoms with Crippen LogP contribution in [-0.2, 0) is 4.74 Å². The average Bonchev–Trinajstić information content (AvgIpc) is 2.54. The van der Waals surface area contributed by atoms with Gasteiger partial charge in [0, 0.05) is 5.41 Å². The third-order valence-electron chi connectivity index (χ3n) is 7.62. The highest BCUT2D eigenvalue weighted by atomic mass is 16.5. The summed E-state index contributed by atoms with van der Waals surface area (Å²) in [6.45, 7) is 10.1. The van der Waals surface area contributed by atoms with Crippen molar-refractivity contribution >= 4 is 0 Å². The topological polar surface area (TPSA) is 9.23 Å². The van der Waals surface area contributed by atoms with Crippen molar-refractivity contribution in [3.63, 3.8) is 0 Å². The summed E-state index contributed by atoms with van der Waals surface area (Å²) in [5, 5.41) is 0. The molecule has 1 nitrogen and oxygen atoms in total. The highest BCUT2D eigenvalue weighted by Gasteiger charge is 2.77. The lowest BCUT2D eigenvalue weighted by molar-refractivity contribution is -0.389. The first-order chi connectivity index (χ1) is 7.43. The second-order valence-corrected chi connectivity index (χ2v) is 7.79. The molecule has 0 radical (unpaired) electrons. The van der Waals surface area contributed by atoms with E-state index in [1.807, 2.05) is 0 Å². The summed E-state index contributed by atoms with van der Waals surface area (Å²) in [4.78, 5) is 0. The van der Waals surface area contributed by atoms with Gasteiger partial charge in [0.2, 0.25) is 0 Å². The minimum absolute atomic E-state index is 0.490. The van der Waals surface area contributed by atoms with Crippen LogP contribution in [0.15, 0.2) is 0 Å². The molecule has 4 aliphatic carbocycles. The molecule has 6 fully saturated rings. The molecular weight excluding hydrogens is 196 g/mol. The number of hydrogen-bond acceptors (Lipinski definition) is 1. The van der Waals surface area contributed by atoms with Crippen molar-refractivity contribution in [2.45, 2.75) is 65.6 Å². The second kappa shape index (κ2) is 2.39. The minimum Gasteiger partial charge on any atom is -0.374 e. The van der Waals surface area contributed by atoms with Crippen LogP contribution in [0.4, 0.5) is 0 Å². The summed E-state index contributed by atoms with van der Waals surface area (Å²) >= 11 is 0. The van der Waals surface area contributed by atoms with Gasteiger partial charge in [0.05, 0.1) is 12.2 Å². The molecule has 6 rings (SSSR count). The molecule has 1 spiro atoms. The third-order valence-corrected chi connectivity index (χ3v) is 7.62. The lowest BCUT2D eigenvalue weighted by Gasteiger charge is -2.76. The fourth-order valence-electron chi connectivity index (χ4n) is 6.22. The van der Waals surface area contributed by atoms with Crippen LogP contribution in [0.25, 0.3) is 0 Å². The molecule has 6 atom stereocenters. The first-order valence-electron chi connectivity index (χ1n) is 7.08. The van der Waals surface area contributed by atoms with Gasteiger partial charge < -0.3 is 4.74 Å². The van der Waals surface area contributed by atoms with E-state index in [1.165, 1.54) is 25.7 Å². The van der Waals surface area contributed by atoms with E-state index in [0.29, 0.717) is 28.5 Å². The van der Waals surface area contributed by atoms with Gasteiger partial charge in [-0.1, -0.05) is 27.7 Å². The fraction of sp³-hybridized carbons (Fsp3) is 1.00. The molecule has 0 aromatic carbocycles. The van der Waals surface area contributed by atoms with Crippen molar-refractivity contribution in [2.24, 2.45) is 28.1 Å². The number of rotatable bonds is 0. The summed E-state index contributed by atoms with van der Waals surface area (Å²) in [5.74, 6) is 1.91. The smallest absolute Gasteiger partial charge is 0.0668 e. The van der Waals surface area contributed by atoms with E-state index >= 15 is 0 Å². The standard InChI is InChI=1S/C15H24O/c1-9-5-6-10-13(2,3)14(4)11-7-15(9,10)8-12(14)16-11/h9-12H,5-8H2,1-4H3/t9-,10+,11-,12+,14?,15?/m1/s1. The van der Waals surface area contributed by atoms with Crippen molar-refractivity contribution in [1.29, 1.82) is 0 Å². The molecule has 0 aromatic heterocycles. The van der Waals surface area contributed by atoms with Gasteiger partial charge in [-0.3, -0.25) is 0 Å². The average molecular weight is 220 g/mol. The predicted octanol–water partition coefficient (Wildman–Crippen LogP) is 3.63. The molecule has 2 saturated heterocycles. The molecule has 2 aliphatic heterocycles. The zero-order valence-corrected chi connectivity index (χ0v) is 11.0. The largest absolute Gasteiger partial charge is 0.374 e. The Morgan fingerprint density at radius 3 is 2.25 bits per heavy atom. The van der Waals surface area contributed by atoms with E-state index < -0.39 is 0 Å². The first-order valence-corrected chi connectivity index (χ1v) is 7.08. The zero-order valence-electron chi connectivity index (χ0n) is 11.0. The maximum absolute atomic E-state index is 6.10. The Labute approximate surface area is 98.9 Å². The van der Waals surface area contributed by atoms with Gasteiger partial charge in [0.15, 0.2) is 0 Å². The Bertz CT molecular complexity index is 344.